The minimum Gasteiger partial charge on any atom is -0.471 e. The van der Waals surface area contributed by atoms with Gasteiger partial charge in [0.25, 0.3) is 0 Å². The van der Waals surface area contributed by atoms with Crippen LogP contribution in [0.4, 0.5) is 5.69 Å². The summed E-state index contributed by atoms with van der Waals surface area (Å²) in [6.07, 6.45) is 0.962. The van der Waals surface area contributed by atoms with Crippen molar-refractivity contribution in [1.82, 2.24) is 4.98 Å². The summed E-state index contributed by atoms with van der Waals surface area (Å²) < 4.78 is 12.1. The van der Waals surface area contributed by atoms with E-state index < -0.39 is 0 Å². The molecule has 1 aromatic rings. The highest BCUT2D eigenvalue weighted by Crippen LogP contribution is 2.28. The molecule has 0 bridgehead atoms. The van der Waals surface area contributed by atoms with Gasteiger partial charge >= 0.3 is 0 Å². The molecule has 124 valence electrons. The first-order chi connectivity index (χ1) is 10.5. The number of ether oxygens (including phenoxy) is 2. The SMILES string of the molecule is CCCOCC(C)Oc1nc(C)c(NC(C)=NCC)cc1Br. The maximum atomic E-state index is 5.84. The maximum Gasteiger partial charge on any atom is 0.228 e. The second-order valence-electron chi connectivity index (χ2n) is 5.10. The van der Waals surface area contributed by atoms with E-state index in [1.807, 2.05) is 33.8 Å². The summed E-state index contributed by atoms with van der Waals surface area (Å²) >= 11 is 3.51. The second-order valence-corrected chi connectivity index (χ2v) is 5.95. The van der Waals surface area contributed by atoms with E-state index in [0.29, 0.717) is 12.5 Å². The summed E-state index contributed by atoms with van der Waals surface area (Å²) in [4.78, 5) is 8.83. The minimum atomic E-state index is -0.0445. The van der Waals surface area contributed by atoms with Crippen LogP contribution in [0.5, 0.6) is 5.88 Å². The maximum absolute atomic E-state index is 5.84. The zero-order valence-corrected chi connectivity index (χ0v) is 15.7. The average molecular weight is 372 g/mol. The van der Waals surface area contributed by atoms with E-state index in [-0.39, 0.29) is 6.10 Å². The monoisotopic (exact) mass is 371 g/mol. The zero-order chi connectivity index (χ0) is 16.5. The summed E-state index contributed by atoms with van der Waals surface area (Å²) in [5, 5.41) is 3.25. The van der Waals surface area contributed by atoms with E-state index in [4.69, 9.17) is 9.47 Å². The number of nitrogens with zero attached hydrogens (tertiary/aromatic N) is 2. The number of hydrogen-bond acceptors (Lipinski definition) is 4. The Morgan fingerprint density at radius 2 is 2.18 bits per heavy atom. The first-order valence-electron chi connectivity index (χ1n) is 7.67. The second kappa shape index (κ2) is 9.79. The van der Waals surface area contributed by atoms with Gasteiger partial charge in [0, 0.05) is 13.2 Å². The highest BCUT2D eigenvalue weighted by atomic mass is 79.9. The number of pyridine rings is 1. The standard InChI is InChI=1S/C16H26BrN3O2/c1-6-8-21-10-11(3)22-16-14(17)9-15(12(4)19-16)20-13(5)18-7-2/h9,11H,6-8,10H2,1-5H3,(H,18,20). The summed E-state index contributed by atoms with van der Waals surface area (Å²) in [6, 6.07) is 1.96. The van der Waals surface area contributed by atoms with E-state index in [9.17, 15) is 0 Å². The van der Waals surface area contributed by atoms with Gasteiger partial charge in [-0.2, -0.15) is 0 Å². The Bertz CT molecular complexity index is 506. The van der Waals surface area contributed by atoms with Crippen molar-refractivity contribution in [2.45, 2.75) is 47.1 Å². The lowest BCUT2D eigenvalue weighted by Gasteiger charge is -2.17. The van der Waals surface area contributed by atoms with Gasteiger partial charge in [-0.05, 0) is 56.1 Å². The molecule has 1 atom stereocenters. The molecule has 1 unspecified atom stereocenters. The van der Waals surface area contributed by atoms with Gasteiger partial charge < -0.3 is 14.8 Å². The van der Waals surface area contributed by atoms with Crippen LogP contribution in [0.15, 0.2) is 15.5 Å². The fourth-order valence-corrected chi connectivity index (χ4v) is 2.27. The molecular formula is C16H26BrN3O2. The summed E-state index contributed by atoms with van der Waals surface area (Å²) in [7, 11) is 0. The molecule has 0 saturated carbocycles. The molecule has 1 rings (SSSR count). The number of aryl methyl sites for hydroxylation is 1. The molecule has 0 saturated heterocycles. The first-order valence-corrected chi connectivity index (χ1v) is 8.46. The molecule has 5 nitrogen and oxygen atoms in total. The molecule has 1 heterocycles. The molecule has 22 heavy (non-hydrogen) atoms. The van der Waals surface area contributed by atoms with Crippen LogP contribution in [-0.4, -0.2) is 36.7 Å². The van der Waals surface area contributed by atoms with Gasteiger partial charge in [0.05, 0.1) is 28.3 Å². The molecule has 0 aliphatic rings. The van der Waals surface area contributed by atoms with Crippen LogP contribution in [0, 0.1) is 6.92 Å². The quantitative estimate of drug-likeness (QED) is 0.422. The van der Waals surface area contributed by atoms with E-state index in [1.54, 1.807) is 0 Å². The van der Waals surface area contributed by atoms with Crippen molar-refractivity contribution in [1.29, 1.82) is 0 Å². The third-order valence-electron chi connectivity index (χ3n) is 2.86. The van der Waals surface area contributed by atoms with E-state index >= 15 is 0 Å². The van der Waals surface area contributed by atoms with E-state index in [0.717, 1.165) is 41.3 Å². The number of amidine groups is 1. The van der Waals surface area contributed by atoms with Crippen LogP contribution in [0.3, 0.4) is 0 Å². The molecule has 0 aromatic carbocycles. The summed E-state index contributed by atoms with van der Waals surface area (Å²) in [5.41, 5.74) is 1.79. The predicted octanol–water partition coefficient (Wildman–Crippen LogP) is 4.20. The van der Waals surface area contributed by atoms with Gasteiger partial charge in [-0.1, -0.05) is 6.92 Å². The molecule has 0 aliphatic heterocycles. The number of hydrogen-bond donors (Lipinski definition) is 1. The molecule has 0 spiro atoms. The number of rotatable bonds is 8. The fourth-order valence-electron chi connectivity index (χ4n) is 1.86. The van der Waals surface area contributed by atoms with Gasteiger partial charge in [0.15, 0.2) is 0 Å². The van der Waals surface area contributed by atoms with Crippen molar-refractivity contribution in [2.75, 3.05) is 25.1 Å². The van der Waals surface area contributed by atoms with Crippen molar-refractivity contribution in [3.05, 3.63) is 16.2 Å². The lowest BCUT2D eigenvalue weighted by molar-refractivity contribution is 0.0563. The van der Waals surface area contributed by atoms with Crippen LogP contribution < -0.4 is 10.1 Å². The highest BCUT2D eigenvalue weighted by Gasteiger charge is 2.12. The Labute approximate surface area is 141 Å². The number of halogens is 1. The zero-order valence-electron chi connectivity index (χ0n) is 14.1. The van der Waals surface area contributed by atoms with Crippen LogP contribution in [-0.2, 0) is 4.74 Å². The summed E-state index contributed by atoms with van der Waals surface area (Å²) in [5.74, 6) is 1.45. The molecule has 1 aromatic heterocycles. The largest absolute Gasteiger partial charge is 0.471 e. The Balaban J connectivity index is 2.74. The average Bonchev–Trinajstić information content (AvgIpc) is 2.45. The molecule has 1 N–H and O–H groups in total. The predicted molar refractivity (Wildman–Crippen MR) is 95.1 cm³/mol. The molecular weight excluding hydrogens is 346 g/mol. The van der Waals surface area contributed by atoms with Gasteiger partial charge in [-0.25, -0.2) is 4.98 Å². The number of aliphatic imine (C=N–C) groups is 1. The number of anilines is 1. The molecule has 6 heteroatoms. The number of aromatic nitrogens is 1. The summed E-state index contributed by atoms with van der Waals surface area (Å²) in [6.45, 7) is 12.0. The van der Waals surface area contributed by atoms with Gasteiger partial charge in [0.2, 0.25) is 5.88 Å². The van der Waals surface area contributed by atoms with Gasteiger partial charge in [0.1, 0.15) is 6.10 Å². The Morgan fingerprint density at radius 3 is 2.82 bits per heavy atom. The van der Waals surface area contributed by atoms with Crippen LogP contribution in [0.1, 0.15) is 39.8 Å². The Hall–Kier alpha value is -1.14. The molecule has 0 amide bonds. The van der Waals surface area contributed by atoms with Crippen LogP contribution in [0.2, 0.25) is 0 Å². The van der Waals surface area contributed by atoms with Gasteiger partial charge in [-0.15, -0.1) is 0 Å². The number of nitrogens with one attached hydrogen (secondary N) is 1. The van der Waals surface area contributed by atoms with Crippen molar-refractivity contribution in [3.63, 3.8) is 0 Å². The normalized spacial score (nSPS) is 13.1. The van der Waals surface area contributed by atoms with Crippen LogP contribution >= 0.6 is 15.9 Å². The van der Waals surface area contributed by atoms with Crippen molar-refractivity contribution < 1.29 is 9.47 Å². The van der Waals surface area contributed by atoms with Gasteiger partial charge in [-0.3, -0.25) is 4.99 Å². The topological polar surface area (TPSA) is 55.7 Å². The van der Waals surface area contributed by atoms with Crippen molar-refractivity contribution in [3.8, 4) is 5.88 Å². The molecule has 0 aliphatic carbocycles. The smallest absolute Gasteiger partial charge is 0.228 e. The molecule has 0 fully saturated rings. The van der Waals surface area contributed by atoms with Crippen molar-refractivity contribution in [2.24, 2.45) is 4.99 Å². The van der Waals surface area contributed by atoms with Crippen LogP contribution in [0.25, 0.3) is 0 Å². The third kappa shape index (κ3) is 6.32. The Kier molecular flexibility index (Phi) is 8.42. The first kappa shape index (κ1) is 18.9. The Morgan fingerprint density at radius 1 is 1.45 bits per heavy atom. The minimum absolute atomic E-state index is 0.0445. The van der Waals surface area contributed by atoms with E-state index in [2.05, 4.69) is 38.1 Å². The lowest BCUT2D eigenvalue weighted by atomic mass is 10.3. The third-order valence-corrected chi connectivity index (χ3v) is 3.43. The van der Waals surface area contributed by atoms with Crippen molar-refractivity contribution >= 4 is 27.5 Å². The van der Waals surface area contributed by atoms with E-state index in [1.165, 1.54) is 0 Å². The lowest BCUT2D eigenvalue weighted by Crippen LogP contribution is -2.20. The fraction of sp³-hybridized carbons (Fsp3) is 0.625. The highest BCUT2D eigenvalue weighted by molar-refractivity contribution is 9.10. The molecule has 0 radical (unpaired) electrons.